The fourth-order valence-electron chi connectivity index (χ4n) is 2.66. The molecular formula is C16H26N2O. The van der Waals surface area contributed by atoms with E-state index in [4.69, 9.17) is 4.74 Å². The lowest BCUT2D eigenvalue weighted by atomic mass is 10.0. The van der Waals surface area contributed by atoms with Gasteiger partial charge in [-0.3, -0.25) is 0 Å². The van der Waals surface area contributed by atoms with Gasteiger partial charge in [0, 0.05) is 23.8 Å². The van der Waals surface area contributed by atoms with Crippen molar-refractivity contribution in [3.8, 4) is 5.75 Å². The van der Waals surface area contributed by atoms with Crippen LogP contribution in [0.5, 0.6) is 5.75 Å². The number of nitrogens with one attached hydrogen (secondary N) is 1. The molecule has 2 rings (SSSR count). The largest absolute Gasteiger partial charge is 0.494 e. The molecule has 0 radical (unpaired) electrons. The topological polar surface area (TPSA) is 24.5 Å². The summed E-state index contributed by atoms with van der Waals surface area (Å²) in [5.41, 5.74) is 1.44. The first-order chi connectivity index (χ1) is 9.02. The highest BCUT2D eigenvalue weighted by molar-refractivity contribution is 5.50. The van der Waals surface area contributed by atoms with Crippen molar-refractivity contribution in [3.63, 3.8) is 0 Å². The van der Waals surface area contributed by atoms with E-state index in [9.17, 15) is 0 Å². The van der Waals surface area contributed by atoms with E-state index in [-0.39, 0.29) is 5.54 Å². The summed E-state index contributed by atoms with van der Waals surface area (Å²) in [6, 6.07) is 9.03. The maximum absolute atomic E-state index is 5.51. The highest BCUT2D eigenvalue weighted by Gasteiger charge is 2.27. The van der Waals surface area contributed by atoms with Crippen LogP contribution in [0.4, 0.5) is 5.69 Å². The smallest absolute Gasteiger partial charge is 0.119 e. The Kier molecular flexibility index (Phi) is 4.35. The molecule has 0 spiro atoms. The third-order valence-corrected chi connectivity index (χ3v) is 3.74. The summed E-state index contributed by atoms with van der Waals surface area (Å²) >= 11 is 0. The van der Waals surface area contributed by atoms with Gasteiger partial charge in [0.05, 0.1) is 6.61 Å². The molecule has 19 heavy (non-hydrogen) atoms. The second kappa shape index (κ2) is 5.83. The Morgan fingerprint density at radius 1 is 1.32 bits per heavy atom. The summed E-state index contributed by atoms with van der Waals surface area (Å²) < 4.78 is 5.51. The molecule has 3 heteroatoms. The molecule has 1 saturated heterocycles. The summed E-state index contributed by atoms with van der Waals surface area (Å²) in [7, 11) is 0. The van der Waals surface area contributed by atoms with Crippen molar-refractivity contribution >= 4 is 5.69 Å². The number of hydrogen-bond donors (Lipinski definition) is 1. The van der Waals surface area contributed by atoms with Crippen molar-refractivity contribution in [1.82, 2.24) is 5.32 Å². The Morgan fingerprint density at radius 2 is 2.00 bits per heavy atom. The summed E-state index contributed by atoms with van der Waals surface area (Å²) in [5.74, 6) is 0.950. The third kappa shape index (κ3) is 3.63. The second-order valence-electron chi connectivity index (χ2n) is 6.00. The van der Waals surface area contributed by atoms with Crippen LogP contribution < -0.4 is 15.0 Å². The van der Waals surface area contributed by atoms with Crippen molar-refractivity contribution in [2.45, 2.75) is 45.7 Å². The SMILES string of the molecule is CCOc1ccc(N2CC(C)(C)NCCC2C)cc1. The normalized spacial score (nSPS) is 22.9. The van der Waals surface area contributed by atoms with Gasteiger partial charge in [0.25, 0.3) is 0 Å². The maximum atomic E-state index is 5.51. The predicted molar refractivity (Wildman–Crippen MR) is 81.1 cm³/mol. The van der Waals surface area contributed by atoms with Crippen LogP contribution in [0.2, 0.25) is 0 Å². The van der Waals surface area contributed by atoms with Gasteiger partial charge < -0.3 is 15.0 Å². The molecule has 0 aromatic heterocycles. The molecular weight excluding hydrogens is 236 g/mol. The van der Waals surface area contributed by atoms with Gasteiger partial charge in [-0.2, -0.15) is 0 Å². The Morgan fingerprint density at radius 3 is 2.63 bits per heavy atom. The Labute approximate surface area is 116 Å². The fourth-order valence-corrected chi connectivity index (χ4v) is 2.66. The molecule has 0 saturated carbocycles. The molecule has 1 N–H and O–H groups in total. The van der Waals surface area contributed by atoms with Crippen LogP contribution in [0.25, 0.3) is 0 Å². The van der Waals surface area contributed by atoms with Gasteiger partial charge in [0.1, 0.15) is 5.75 Å². The van der Waals surface area contributed by atoms with Crippen molar-refractivity contribution in [1.29, 1.82) is 0 Å². The highest BCUT2D eigenvalue weighted by Crippen LogP contribution is 2.25. The molecule has 1 aromatic carbocycles. The van der Waals surface area contributed by atoms with Crippen LogP contribution in [-0.4, -0.2) is 31.3 Å². The molecule has 0 aliphatic carbocycles. The second-order valence-corrected chi connectivity index (χ2v) is 6.00. The van der Waals surface area contributed by atoms with Gasteiger partial charge in [0.15, 0.2) is 0 Å². The standard InChI is InChI=1S/C16H26N2O/c1-5-19-15-8-6-14(7-9-15)18-12-16(3,4)17-11-10-13(18)2/h6-9,13,17H,5,10-12H2,1-4H3. The molecule has 3 nitrogen and oxygen atoms in total. The Hall–Kier alpha value is -1.22. The first-order valence-electron chi connectivity index (χ1n) is 7.26. The first kappa shape index (κ1) is 14.2. The van der Waals surface area contributed by atoms with Crippen LogP contribution >= 0.6 is 0 Å². The zero-order chi connectivity index (χ0) is 13.9. The molecule has 0 bridgehead atoms. The van der Waals surface area contributed by atoms with Crippen molar-refractivity contribution in [3.05, 3.63) is 24.3 Å². The monoisotopic (exact) mass is 262 g/mol. The van der Waals surface area contributed by atoms with Gasteiger partial charge in [-0.15, -0.1) is 0 Å². The minimum Gasteiger partial charge on any atom is -0.494 e. The minimum atomic E-state index is 0.156. The number of benzene rings is 1. The van der Waals surface area contributed by atoms with E-state index in [1.165, 1.54) is 12.1 Å². The van der Waals surface area contributed by atoms with E-state index >= 15 is 0 Å². The minimum absolute atomic E-state index is 0.156. The summed E-state index contributed by atoms with van der Waals surface area (Å²) in [5, 5.41) is 3.62. The van der Waals surface area contributed by atoms with Gasteiger partial charge in [-0.25, -0.2) is 0 Å². The van der Waals surface area contributed by atoms with E-state index < -0.39 is 0 Å². The quantitative estimate of drug-likeness (QED) is 0.906. The molecule has 1 aromatic rings. The van der Waals surface area contributed by atoms with E-state index in [0.717, 1.165) is 25.4 Å². The maximum Gasteiger partial charge on any atom is 0.119 e. The molecule has 1 atom stereocenters. The average Bonchev–Trinajstić information content (AvgIpc) is 2.50. The van der Waals surface area contributed by atoms with E-state index in [0.29, 0.717) is 6.04 Å². The zero-order valence-electron chi connectivity index (χ0n) is 12.6. The predicted octanol–water partition coefficient (Wildman–Crippen LogP) is 3.05. The van der Waals surface area contributed by atoms with Crippen molar-refractivity contribution in [2.75, 3.05) is 24.6 Å². The number of nitrogens with zero attached hydrogens (tertiary/aromatic N) is 1. The van der Waals surface area contributed by atoms with Gasteiger partial charge in [-0.05, 0) is 64.9 Å². The van der Waals surface area contributed by atoms with Crippen LogP contribution in [0.3, 0.4) is 0 Å². The lowest BCUT2D eigenvalue weighted by Crippen LogP contribution is -2.47. The molecule has 1 aliphatic heterocycles. The molecule has 106 valence electrons. The van der Waals surface area contributed by atoms with Crippen LogP contribution in [0.15, 0.2) is 24.3 Å². The Bertz CT molecular complexity index is 400. The summed E-state index contributed by atoms with van der Waals surface area (Å²) in [6.07, 6.45) is 1.18. The number of anilines is 1. The fraction of sp³-hybridized carbons (Fsp3) is 0.625. The lowest BCUT2D eigenvalue weighted by molar-refractivity contribution is 0.340. The van der Waals surface area contributed by atoms with Crippen molar-refractivity contribution < 1.29 is 4.74 Å². The van der Waals surface area contributed by atoms with Crippen LogP contribution in [0.1, 0.15) is 34.1 Å². The summed E-state index contributed by atoms with van der Waals surface area (Å²) in [4.78, 5) is 2.50. The zero-order valence-corrected chi connectivity index (χ0v) is 12.6. The Balaban J connectivity index is 2.17. The van der Waals surface area contributed by atoms with E-state index in [2.05, 4.69) is 55.3 Å². The molecule has 1 heterocycles. The third-order valence-electron chi connectivity index (χ3n) is 3.74. The van der Waals surface area contributed by atoms with E-state index in [1.54, 1.807) is 0 Å². The highest BCUT2D eigenvalue weighted by atomic mass is 16.5. The number of ether oxygens (including phenoxy) is 1. The van der Waals surface area contributed by atoms with Gasteiger partial charge >= 0.3 is 0 Å². The number of hydrogen-bond acceptors (Lipinski definition) is 3. The molecule has 0 amide bonds. The molecule has 1 unspecified atom stereocenters. The van der Waals surface area contributed by atoms with Gasteiger partial charge in [0.2, 0.25) is 0 Å². The lowest BCUT2D eigenvalue weighted by Gasteiger charge is -2.34. The van der Waals surface area contributed by atoms with Crippen molar-refractivity contribution in [2.24, 2.45) is 0 Å². The summed E-state index contributed by atoms with van der Waals surface area (Å²) in [6.45, 7) is 11.7. The van der Waals surface area contributed by atoms with Crippen LogP contribution in [-0.2, 0) is 0 Å². The van der Waals surface area contributed by atoms with Crippen LogP contribution in [0, 0.1) is 0 Å². The molecule has 1 aliphatic rings. The molecule has 1 fully saturated rings. The first-order valence-corrected chi connectivity index (χ1v) is 7.26. The van der Waals surface area contributed by atoms with Gasteiger partial charge in [-0.1, -0.05) is 0 Å². The number of rotatable bonds is 3. The average molecular weight is 262 g/mol. The van der Waals surface area contributed by atoms with E-state index in [1.807, 2.05) is 6.92 Å².